The second-order valence-corrected chi connectivity index (χ2v) is 7.34. The van der Waals surface area contributed by atoms with Crippen LogP contribution >= 0.6 is 0 Å². The quantitative estimate of drug-likeness (QED) is 0.508. The van der Waals surface area contributed by atoms with Crippen LogP contribution in [0.25, 0.3) is 10.9 Å². The molecule has 0 bridgehead atoms. The monoisotopic (exact) mass is 437 g/mol. The normalized spacial score (nSPS) is 16.0. The van der Waals surface area contributed by atoms with Crippen molar-refractivity contribution in [1.29, 1.82) is 0 Å². The van der Waals surface area contributed by atoms with E-state index in [1.807, 2.05) is 24.3 Å². The van der Waals surface area contributed by atoms with Gasteiger partial charge in [-0.1, -0.05) is 18.2 Å². The van der Waals surface area contributed by atoms with Crippen LogP contribution in [0, 0.1) is 13.8 Å². The fraction of sp³-hybridized carbons (Fsp3) is 0.261. The summed E-state index contributed by atoms with van der Waals surface area (Å²) in [5.74, 6) is -0.224. The maximum Gasteiger partial charge on any atom is 0.340 e. The second-order valence-electron chi connectivity index (χ2n) is 7.34. The lowest BCUT2D eigenvalue weighted by Gasteiger charge is -2.27. The number of benzene rings is 1. The molecule has 2 amide bonds. The fourth-order valence-corrected chi connectivity index (χ4v) is 3.75. The number of hydrogen-bond acceptors (Lipinski definition) is 6. The highest BCUT2D eigenvalue weighted by molar-refractivity contribution is 6.05. The van der Waals surface area contributed by atoms with Gasteiger partial charge in [0.25, 0.3) is 0 Å². The number of esters is 2. The molecule has 3 heterocycles. The summed E-state index contributed by atoms with van der Waals surface area (Å²) in [5.41, 5.74) is 2.12. The van der Waals surface area contributed by atoms with Crippen LogP contribution in [0.4, 0.5) is 4.79 Å². The van der Waals surface area contributed by atoms with Crippen LogP contribution < -0.4 is 10.6 Å². The number of aryl methyl sites for hydroxylation is 2. The fourth-order valence-electron chi connectivity index (χ4n) is 3.75. The van der Waals surface area contributed by atoms with Crippen molar-refractivity contribution in [1.82, 2.24) is 15.6 Å². The third-order valence-corrected chi connectivity index (χ3v) is 5.14. The molecule has 2 aromatic heterocycles. The number of urea groups is 1. The van der Waals surface area contributed by atoms with Crippen LogP contribution in [0.3, 0.4) is 0 Å². The van der Waals surface area contributed by atoms with Gasteiger partial charge in [0, 0.05) is 16.6 Å². The summed E-state index contributed by atoms with van der Waals surface area (Å²) in [4.78, 5) is 41.1. The maximum atomic E-state index is 12.9. The number of carbonyl (C=O) groups excluding carboxylic acids is 3. The van der Waals surface area contributed by atoms with Crippen molar-refractivity contribution in [3.05, 3.63) is 70.4 Å². The molecule has 1 aliphatic rings. The number of furan rings is 1. The van der Waals surface area contributed by atoms with E-state index in [2.05, 4.69) is 15.6 Å². The van der Waals surface area contributed by atoms with Crippen LogP contribution in [0.15, 0.2) is 52.1 Å². The molecule has 1 aromatic carbocycles. The summed E-state index contributed by atoms with van der Waals surface area (Å²) in [6, 6.07) is 9.35. The van der Waals surface area contributed by atoms with E-state index in [0.29, 0.717) is 22.8 Å². The molecular weight excluding hydrogens is 414 g/mol. The average molecular weight is 437 g/mol. The Kier molecular flexibility index (Phi) is 5.72. The minimum Gasteiger partial charge on any atom is -0.464 e. The summed E-state index contributed by atoms with van der Waals surface area (Å²) in [7, 11) is 0. The molecule has 9 nitrogen and oxygen atoms in total. The SMILES string of the molecule is CCOC(=O)C1=C(COC(=O)c2c(C)[nH]c3ccccc23)NC(=O)NC1c1ccc(C)o1. The van der Waals surface area contributed by atoms with Crippen molar-refractivity contribution < 1.29 is 28.3 Å². The Bertz CT molecular complexity index is 1240. The van der Waals surface area contributed by atoms with E-state index in [4.69, 9.17) is 13.9 Å². The van der Waals surface area contributed by atoms with Crippen LogP contribution in [-0.4, -0.2) is 36.2 Å². The molecular formula is C23H23N3O6. The molecule has 0 aliphatic carbocycles. The molecule has 32 heavy (non-hydrogen) atoms. The lowest BCUT2D eigenvalue weighted by molar-refractivity contribution is -0.139. The van der Waals surface area contributed by atoms with E-state index in [1.54, 1.807) is 32.9 Å². The van der Waals surface area contributed by atoms with E-state index in [9.17, 15) is 14.4 Å². The molecule has 9 heteroatoms. The number of ether oxygens (including phenoxy) is 2. The zero-order chi connectivity index (χ0) is 22.8. The van der Waals surface area contributed by atoms with E-state index < -0.39 is 24.0 Å². The Hall–Kier alpha value is -4.01. The molecule has 4 rings (SSSR count). The van der Waals surface area contributed by atoms with Crippen molar-refractivity contribution in [3.8, 4) is 0 Å². The van der Waals surface area contributed by atoms with Gasteiger partial charge < -0.3 is 29.5 Å². The summed E-state index contributed by atoms with van der Waals surface area (Å²) < 4.78 is 16.3. The first-order valence-electron chi connectivity index (χ1n) is 10.2. The van der Waals surface area contributed by atoms with Gasteiger partial charge in [-0.05, 0) is 39.0 Å². The van der Waals surface area contributed by atoms with Crippen LogP contribution in [0.5, 0.6) is 0 Å². The van der Waals surface area contributed by atoms with Gasteiger partial charge in [0.2, 0.25) is 0 Å². The first-order valence-corrected chi connectivity index (χ1v) is 10.2. The number of aromatic amines is 1. The molecule has 0 fully saturated rings. The van der Waals surface area contributed by atoms with E-state index in [0.717, 1.165) is 10.9 Å². The number of rotatable bonds is 6. The molecule has 0 spiro atoms. The van der Waals surface area contributed by atoms with E-state index in [1.165, 1.54) is 0 Å². The Morgan fingerprint density at radius 2 is 1.84 bits per heavy atom. The predicted molar refractivity (Wildman–Crippen MR) is 115 cm³/mol. The number of para-hydroxylation sites is 1. The minimum absolute atomic E-state index is 0.115. The van der Waals surface area contributed by atoms with Crippen LogP contribution in [0.1, 0.15) is 40.5 Å². The maximum absolute atomic E-state index is 12.9. The Morgan fingerprint density at radius 3 is 2.56 bits per heavy atom. The zero-order valence-electron chi connectivity index (χ0n) is 17.9. The van der Waals surface area contributed by atoms with Gasteiger partial charge in [-0.15, -0.1) is 0 Å². The van der Waals surface area contributed by atoms with E-state index >= 15 is 0 Å². The average Bonchev–Trinajstić information content (AvgIpc) is 3.33. The van der Waals surface area contributed by atoms with Crippen molar-refractivity contribution >= 4 is 28.9 Å². The van der Waals surface area contributed by atoms with Gasteiger partial charge in [0.05, 0.1) is 23.4 Å². The molecule has 3 aromatic rings. The van der Waals surface area contributed by atoms with Gasteiger partial charge in [0.15, 0.2) is 0 Å². The number of H-pyrrole nitrogens is 1. The molecule has 166 valence electrons. The largest absolute Gasteiger partial charge is 0.464 e. The Labute approximate surface area is 183 Å². The van der Waals surface area contributed by atoms with Crippen LogP contribution in [-0.2, 0) is 14.3 Å². The topological polar surface area (TPSA) is 123 Å². The number of nitrogens with one attached hydrogen (secondary N) is 3. The van der Waals surface area contributed by atoms with Crippen LogP contribution in [0.2, 0.25) is 0 Å². The summed E-state index contributed by atoms with van der Waals surface area (Å²) in [6.07, 6.45) is 0. The number of carbonyl (C=O) groups is 3. The number of amides is 2. The van der Waals surface area contributed by atoms with Gasteiger partial charge in [-0.3, -0.25) is 0 Å². The van der Waals surface area contributed by atoms with Crippen molar-refractivity contribution in [3.63, 3.8) is 0 Å². The molecule has 1 aliphatic heterocycles. The van der Waals surface area contributed by atoms with Gasteiger partial charge in [-0.25, -0.2) is 14.4 Å². The van der Waals surface area contributed by atoms with Gasteiger partial charge >= 0.3 is 18.0 Å². The standard InChI is InChI=1S/C23H23N3O6/c1-4-30-22(28)19-16(25-23(29)26-20(19)17-10-9-12(2)32-17)11-31-21(27)18-13(3)24-15-8-6-5-7-14(15)18/h5-10,20,24H,4,11H2,1-3H3,(H2,25,26,29). The Balaban J connectivity index is 1.66. The third-order valence-electron chi connectivity index (χ3n) is 5.14. The number of hydrogen-bond donors (Lipinski definition) is 3. The van der Waals surface area contributed by atoms with E-state index in [-0.39, 0.29) is 24.5 Å². The highest BCUT2D eigenvalue weighted by Crippen LogP contribution is 2.30. The minimum atomic E-state index is -0.875. The lowest BCUT2D eigenvalue weighted by Crippen LogP contribution is -2.47. The number of fused-ring (bicyclic) bond motifs is 1. The summed E-state index contributed by atoms with van der Waals surface area (Å²) >= 11 is 0. The van der Waals surface area contributed by atoms with Gasteiger partial charge in [0.1, 0.15) is 24.2 Å². The molecule has 0 saturated heterocycles. The second kappa shape index (κ2) is 8.62. The lowest BCUT2D eigenvalue weighted by atomic mass is 10.0. The molecule has 3 N–H and O–H groups in total. The summed E-state index contributed by atoms with van der Waals surface area (Å²) in [5, 5.41) is 5.96. The number of aromatic nitrogens is 1. The highest BCUT2D eigenvalue weighted by Gasteiger charge is 2.36. The molecule has 0 saturated carbocycles. The van der Waals surface area contributed by atoms with Crippen molar-refractivity contribution in [2.75, 3.05) is 13.2 Å². The van der Waals surface area contributed by atoms with Crippen molar-refractivity contribution in [2.45, 2.75) is 26.8 Å². The third kappa shape index (κ3) is 3.96. The molecule has 1 atom stereocenters. The van der Waals surface area contributed by atoms with Gasteiger partial charge in [-0.2, -0.15) is 0 Å². The first-order chi connectivity index (χ1) is 15.4. The Morgan fingerprint density at radius 1 is 1.06 bits per heavy atom. The molecule has 1 unspecified atom stereocenters. The first kappa shape index (κ1) is 21.2. The zero-order valence-corrected chi connectivity index (χ0v) is 17.9. The van der Waals surface area contributed by atoms with Crippen molar-refractivity contribution in [2.24, 2.45) is 0 Å². The smallest absolute Gasteiger partial charge is 0.340 e. The summed E-state index contributed by atoms with van der Waals surface area (Å²) in [6.45, 7) is 5.03. The molecule has 0 radical (unpaired) electrons. The predicted octanol–water partition coefficient (Wildman–Crippen LogP) is 3.41. The highest BCUT2D eigenvalue weighted by atomic mass is 16.5.